The molecule has 20 heavy (non-hydrogen) atoms. The highest BCUT2D eigenvalue weighted by molar-refractivity contribution is 5.01. The van der Waals surface area contributed by atoms with Gasteiger partial charge < -0.3 is 10.6 Å². The molecule has 5 aliphatic rings. The number of rotatable bonds is 7. The summed E-state index contributed by atoms with van der Waals surface area (Å²) in [6.07, 6.45) is 13.7. The van der Waals surface area contributed by atoms with Crippen LogP contribution in [0.5, 0.6) is 0 Å². The minimum atomic E-state index is 0.643. The Labute approximate surface area is 124 Å². The second kappa shape index (κ2) is 5.28. The van der Waals surface area contributed by atoms with Crippen LogP contribution in [0, 0.1) is 23.2 Å². The highest BCUT2D eigenvalue weighted by Crippen LogP contribution is 2.61. The zero-order valence-corrected chi connectivity index (χ0v) is 13.2. The quantitative estimate of drug-likeness (QED) is 0.745. The van der Waals surface area contributed by atoms with Crippen molar-refractivity contribution >= 4 is 0 Å². The average Bonchev–Trinajstić information content (AvgIpc) is 3.18. The van der Waals surface area contributed by atoms with Gasteiger partial charge in [0.1, 0.15) is 0 Å². The van der Waals surface area contributed by atoms with Gasteiger partial charge in [-0.2, -0.15) is 0 Å². The molecule has 0 aromatic carbocycles. The molecule has 2 heteroatoms. The topological polar surface area (TPSA) is 24.1 Å². The van der Waals surface area contributed by atoms with Gasteiger partial charge in [-0.15, -0.1) is 0 Å². The lowest BCUT2D eigenvalue weighted by molar-refractivity contribution is -0.0569. The van der Waals surface area contributed by atoms with E-state index < -0.39 is 0 Å². The first-order valence-corrected chi connectivity index (χ1v) is 9.18. The van der Waals surface area contributed by atoms with E-state index in [2.05, 4.69) is 17.6 Å². The molecule has 0 saturated heterocycles. The van der Waals surface area contributed by atoms with E-state index in [1.54, 1.807) is 38.5 Å². The Hall–Kier alpha value is -0.0800. The van der Waals surface area contributed by atoms with Gasteiger partial charge in [-0.3, -0.25) is 0 Å². The van der Waals surface area contributed by atoms with Crippen LogP contribution in [0.2, 0.25) is 0 Å². The predicted molar refractivity (Wildman–Crippen MR) is 83.7 cm³/mol. The van der Waals surface area contributed by atoms with E-state index in [0.717, 1.165) is 35.8 Å². The fraction of sp³-hybridized carbons (Fsp3) is 1.00. The molecule has 0 amide bonds. The van der Waals surface area contributed by atoms with E-state index in [0.29, 0.717) is 6.04 Å². The Morgan fingerprint density at radius 3 is 2.15 bits per heavy atom. The second-order valence-electron chi connectivity index (χ2n) is 8.71. The fourth-order valence-corrected chi connectivity index (χ4v) is 5.88. The summed E-state index contributed by atoms with van der Waals surface area (Å²) < 4.78 is 0. The molecule has 1 atom stereocenters. The van der Waals surface area contributed by atoms with E-state index in [-0.39, 0.29) is 0 Å². The van der Waals surface area contributed by atoms with Gasteiger partial charge in [-0.1, -0.05) is 0 Å². The lowest BCUT2D eigenvalue weighted by Crippen LogP contribution is -2.47. The summed E-state index contributed by atoms with van der Waals surface area (Å²) in [4.78, 5) is 0. The van der Waals surface area contributed by atoms with Crippen molar-refractivity contribution in [3.8, 4) is 0 Å². The van der Waals surface area contributed by atoms with Crippen LogP contribution >= 0.6 is 0 Å². The smallest absolute Gasteiger partial charge is 0.0164 e. The van der Waals surface area contributed by atoms with Gasteiger partial charge >= 0.3 is 0 Å². The minimum absolute atomic E-state index is 0.643. The van der Waals surface area contributed by atoms with Crippen molar-refractivity contribution in [1.82, 2.24) is 10.6 Å². The first-order chi connectivity index (χ1) is 9.71. The highest BCUT2D eigenvalue weighted by Gasteiger charge is 2.50. The molecule has 0 spiro atoms. The van der Waals surface area contributed by atoms with Crippen LogP contribution < -0.4 is 10.6 Å². The summed E-state index contributed by atoms with van der Waals surface area (Å²) in [7, 11) is 0. The van der Waals surface area contributed by atoms with Gasteiger partial charge in [0.05, 0.1) is 0 Å². The number of hydrogen-bond acceptors (Lipinski definition) is 2. The predicted octanol–water partition coefficient (Wildman–Crippen LogP) is 3.32. The monoisotopic (exact) mass is 276 g/mol. The summed E-state index contributed by atoms with van der Waals surface area (Å²) in [5, 5.41) is 7.42. The van der Waals surface area contributed by atoms with Gasteiger partial charge in [0.2, 0.25) is 0 Å². The maximum absolute atomic E-state index is 3.78. The largest absolute Gasteiger partial charge is 0.313 e. The molecule has 0 radical (unpaired) electrons. The lowest BCUT2D eigenvalue weighted by atomic mass is 9.49. The average molecular weight is 276 g/mol. The van der Waals surface area contributed by atoms with E-state index in [9.17, 15) is 0 Å². The van der Waals surface area contributed by atoms with E-state index >= 15 is 0 Å². The third-order valence-corrected chi connectivity index (χ3v) is 6.60. The third kappa shape index (κ3) is 2.92. The lowest BCUT2D eigenvalue weighted by Gasteiger charge is -2.57. The Balaban J connectivity index is 1.22. The van der Waals surface area contributed by atoms with Gasteiger partial charge in [-0.25, -0.2) is 0 Å². The van der Waals surface area contributed by atoms with Crippen molar-refractivity contribution in [2.24, 2.45) is 23.2 Å². The zero-order chi connectivity index (χ0) is 13.6. The maximum atomic E-state index is 3.78. The Morgan fingerprint density at radius 1 is 1.00 bits per heavy atom. The van der Waals surface area contributed by atoms with E-state index in [1.807, 2.05) is 0 Å². The van der Waals surface area contributed by atoms with E-state index in [4.69, 9.17) is 0 Å². The fourth-order valence-electron chi connectivity index (χ4n) is 5.88. The molecular weight excluding hydrogens is 244 g/mol. The standard InChI is InChI=1S/C18H32N2/c1-13(12-20-17-2-3-17)19-5-4-18-9-14-6-15(10-18)8-16(7-14)11-18/h13-17,19-20H,2-12H2,1H3. The molecule has 0 heterocycles. The van der Waals surface area contributed by atoms with Crippen LogP contribution in [-0.2, 0) is 0 Å². The Morgan fingerprint density at radius 2 is 1.60 bits per heavy atom. The van der Waals surface area contributed by atoms with Crippen LogP contribution in [-0.4, -0.2) is 25.2 Å². The van der Waals surface area contributed by atoms with Crippen molar-refractivity contribution in [3.05, 3.63) is 0 Å². The van der Waals surface area contributed by atoms with Crippen molar-refractivity contribution in [2.45, 2.75) is 76.8 Å². The van der Waals surface area contributed by atoms with Gasteiger partial charge in [0.15, 0.2) is 0 Å². The molecule has 5 saturated carbocycles. The number of hydrogen-bond donors (Lipinski definition) is 2. The first-order valence-electron chi connectivity index (χ1n) is 9.18. The molecule has 5 fully saturated rings. The summed E-state index contributed by atoms with van der Waals surface area (Å²) in [6, 6.07) is 1.49. The second-order valence-corrected chi connectivity index (χ2v) is 8.71. The minimum Gasteiger partial charge on any atom is -0.313 e. The van der Waals surface area contributed by atoms with Crippen molar-refractivity contribution in [2.75, 3.05) is 13.1 Å². The third-order valence-electron chi connectivity index (χ3n) is 6.60. The number of nitrogens with one attached hydrogen (secondary N) is 2. The molecular formula is C18H32N2. The molecule has 1 unspecified atom stereocenters. The molecule has 2 N–H and O–H groups in total. The van der Waals surface area contributed by atoms with Crippen molar-refractivity contribution in [1.29, 1.82) is 0 Å². The first kappa shape index (κ1) is 13.6. The summed E-state index contributed by atoms with van der Waals surface area (Å²) >= 11 is 0. The zero-order valence-electron chi connectivity index (χ0n) is 13.2. The maximum Gasteiger partial charge on any atom is 0.0164 e. The molecule has 4 bridgehead atoms. The molecule has 0 aromatic rings. The van der Waals surface area contributed by atoms with Crippen LogP contribution in [0.4, 0.5) is 0 Å². The Bertz CT molecular complexity index is 312. The van der Waals surface area contributed by atoms with Gasteiger partial charge in [-0.05, 0) is 94.4 Å². The van der Waals surface area contributed by atoms with Crippen molar-refractivity contribution < 1.29 is 0 Å². The molecule has 0 aromatic heterocycles. The highest BCUT2D eigenvalue weighted by atomic mass is 15.0. The summed E-state index contributed by atoms with van der Waals surface area (Å²) in [5.41, 5.74) is 0.755. The summed E-state index contributed by atoms with van der Waals surface area (Å²) in [5.74, 6) is 3.32. The van der Waals surface area contributed by atoms with Crippen LogP contribution in [0.25, 0.3) is 0 Å². The summed E-state index contributed by atoms with van der Waals surface area (Å²) in [6.45, 7) is 4.75. The van der Waals surface area contributed by atoms with E-state index in [1.165, 1.54) is 25.8 Å². The Kier molecular flexibility index (Phi) is 3.58. The molecule has 5 rings (SSSR count). The SMILES string of the molecule is CC(CNC1CC1)NCCC12CC3CC(CC(C3)C1)C2. The normalized spacial score (nSPS) is 44.0. The molecule has 0 aliphatic heterocycles. The van der Waals surface area contributed by atoms with Crippen molar-refractivity contribution in [3.63, 3.8) is 0 Å². The van der Waals surface area contributed by atoms with Crippen LogP contribution in [0.1, 0.15) is 64.7 Å². The van der Waals surface area contributed by atoms with Gasteiger partial charge in [0.25, 0.3) is 0 Å². The van der Waals surface area contributed by atoms with Crippen LogP contribution in [0.15, 0.2) is 0 Å². The van der Waals surface area contributed by atoms with Crippen LogP contribution in [0.3, 0.4) is 0 Å². The molecule has 5 aliphatic carbocycles. The molecule has 114 valence electrons. The molecule has 2 nitrogen and oxygen atoms in total. The van der Waals surface area contributed by atoms with Gasteiger partial charge in [0, 0.05) is 18.6 Å².